The fourth-order valence-electron chi connectivity index (χ4n) is 3.15. The molecule has 0 saturated heterocycles. The second-order valence-corrected chi connectivity index (χ2v) is 13.5. The third-order valence-electron chi connectivity index (χ3n) is 5.77. The number of hydrogen-bond donors (Lipinski definition) is 1. The van der Waals surface area contributed by atoms with Gasteiger partial charge >= 0.3 is 6.18 Å². The van der Waals surface area contributed by atoms with Crippen molar-refractivity contribution in [3.8, 4) is 0 Å². The largest absolute Gasteiger partial charge is 0.416 e. The van der Waals surface area contributed by atoms with Crippen LogP contribution in [0.4, 0.5) is 13.2 Å². The lowest BCUT2D eigenvalue weighted by molar-refractivity contribution is -0.137. The van der Waals surface area contributed by atoms with E-state index in [-0.39, 0.29) is 23.1 Å². The normalized spacial score (nSPS) is 25.9. The third-order valence-corrected chi connectivity index (χ3v) is 10.3. The van der Waals surface area contributed by atoms with E-state index < -0.39 is 20.1 Å². The molecule has 2 rings (SSSR count). The number of nitrogens with two attached hydrogens (primary N) is 1. The Kier molecular flexibility index (Phi) is 5.76. The number of hydrogen-bond acceptors (Lipinski definition) is 2. The quantitative estimate of drug-likeness (QED) is 0.691. The van der Waals surface area contributed by atoms with Gasteiger partial charge < -0.3 is 10.2 Å². The zero-order valence-corrected chi connectivity index (χ0v) is 16.8. The molecule has 0 radical (unpaired) electrons. The van der Waals surface area contributed by atoms with Crippen molar-refractivity contribution in [2.45, 2.75) is 82.4 Å². The van der Waals surface area contributed by atoms with Crippen LogP contribution in [-0.4, -0.2) is 20.5 Å². The van der Waals surface area contributed by atoms with Gasteiger partial charge in [-0.3, -0.25) is 0 Å². The number of benzene rings is 1. The van der Waals surface area contributed by atoms with Crippen LogP contribution in [0.1, 0.15) is 57.1 Å². The van der Waals surface area contributed by atoms with E-state index in [1.54, 1.807) is 6.07 Å². The van der Waals surface area contributed by atoms with Crippen molar-refractivity contribution < 1.29 is 17.6 Å². The molecule has 0 aliphatic heterocycles. The lowest BCUT2D eigenvalue weighted by Gasteiger charge is -2.43. The lowest BCUT2D eigenvalue weighted by Crippen LogP contribution is -2.51. The van der Waals surface area contributed by atoms with Gasteiger partial charge in [0.25, 0.3) is 0 Å². The van der Waals surface area contributed by atoms with E-state index in [1.165, 1.54) is 12.1 Å². The predicted molar refractivity (Wildman–Crippen MR) is 98.1 cm³/mol. The Morgan fingerprint density at radius 1 is 1.12 bits per heavy atom. The summed E-state index contributed by atoms with van der Waals surface area (Å²) in [6.07, 6.45) is -2.02. The summed E-state index contributed by atoms with van der Waals surface area (Å²) >= 11 is 0. The molecule has 25 heavy (non-hydrogen) atoms. The highest BCUT2D eigenvalue weighted by Gasteiger charge is 2.42. The van der Waals surface area contributed by atoms with Crippen molar-refractivity contribution >= 4 is 8.32 Å². The van der Waals surface area contributed by atoms with E-state index in [2.05, 4.69) is 33.9 Å². The zero-order valence-electron chi connectivity index (χ0n) is 15.8. The summed E-state index contributed by atoms with van der Waals surface area (Å²) in [6, 6.07) is 5.52. The van der Waals surface area contributed by atoms with Crippen LogP contribution in [0.25, 0.3) is 0 Å². The van der Waals surface area contributed by atoms with Crippen molar-refractivity contribution in [3.05, 3.63) is 35.4 Å². The average Bonchev–Trinajstić information content (AvgIpc) is 2.47. The minimum atomic E-state index is -4.30. The van der Waals surface area contributed by atoms with E-state index >= 15 is 0 Å². The van der Waals surface area contributed by atoms with Crippen LogP contribution < -0.4 is 5.73 Å². The van der Waals surface area contributed by atoms with Crippen LogP contribution >= 0.6 is 0 Å². The molecule has 0 aromatic heterocycles. The standard InChI is InChI=1S/C19H30F3NOSi/c1-18(2,3)25(4,5)24-17-10-9-14(12-16(17)23)13-7-6-8-15(11-13)19(20,21)22/h6-8,11,14,16-17H,9-10,12,23H2,1-5H3/t14?,16-,17-/m0/s1. The molecular weight excluding hydrogens is 343 g/mol. The summed E-state index contributed by atoms with van der Waals surface area (Å²) in [5.41, 5.74) is 6.50. The maximum Gasteiger partial charge on any atom is 0.416 e. The Hall–Kier alpha value is -0.853. The van der Waals surface area contributed by atoms with Gasteiger partial charge in [-0.25, -0.2) is 0 Å². The lowest BCUT2D eigenvalue weighted by atomic mass is 9.80. The Labute approximate surface area is 150 Å². The Bertz CT molecular complexity index is 595. The molecule has 2 nitrogen and oxygen atoms in total. The molecule has 0 bridgehead atoms. The molecule has 1 aromatic carbocycles. The highest BCUT2D eigenvalue weighted by atomic mass is 28.4. The monoisotopic (exact) mass is 373 g/mol. The summed E-state index contributed by atoms with van der Waals surface area (Å²) in [4.78, 5) is 0. The van der Waals surface area contributed by atoms with E-state index in [1.807, 2.05) is 0 Å². The van der Waals surface area contributed by atoms with Crippen LogP contribution in [0.2, 0.25) is 18.1 Å². The van der Waals surface area contributed by atoms with Gasteiger partial charge in [-0.2, -0.15) is 13.2 Å². The van der Waals surface area contributed by atoms with E-state index in [4.69, 9.17) is 10.2 Å². The average molecular weight is 374 g/mol. The van der Waals surface area contributed by atoms with Gasteiger partial charge in [-0.1, -0.05) is 39.0 Å². The SMILES string of the molecule is CC(C)(C)[Si](C)(C)O[C@H]1CCC(c2cccc(C(F)(F)F)c2)C[C@@H]1N. The first-order chi connectivity index (χ1) is 11.3. The van der Waals surface area contributed by atoms with Gasteiger partial charge in [0.1, 0.15) is 0 Å². The maximum absolute atomic E-state index is 12.9. The minimum absolute atomic E-state index is 0.00272. The first-order valence-electron chi connectivity index (χ1n) is 8.92. The molecule has 1 aliphatic carbocycles. The Morgan fingerprint density at radius 2 is 1.76 bits per heavy atom. The summed E-state index contributed by atoms with van der Waals surface area (Å²) < 4.78 is 45.2. The number of halogens is 3. The second-order valence-electron chi connectivity index (χ2n) is 8.71. The second kappa shape index (κ2) is 7.04. The van der Waals surface area contributed by atoms with Crippen molar-refractivity contribution in [3.63, 3.8) is 0 Å². The predicted octanol–water partition coefficient (Wildman–Crippen LogP) is 5.69. The summed E-state index contributed by atoms with van der Waals surface area (Å²) in [5, 5.41) is 0.116. The van der Waals surface area contributed by atoms with Crippen LogP contribution in [0, 0.1) is 0 Å². The Balaban J connectivity index is 2.07. The molecule has 6 heteroatoms. The highest BCUT2D eigenvalue weighted by molar-refractivity contribution is 6.74. The molecule has 1 aliphatic rings. The van der Waals surface area contributed by atoms with Gasteiger partial charge in [0.2, 0.25) is 0 Å². The molecule has 142 valence electrons. The van der Waals surface area contributed by atoms with Crippen molar-refractivity contribution in [2.24, 2.45) is 5.73 Å². The summed E-state index contributed by atoms with van der Waals surface area (Å²) in [5.74, 6) is 0.0663. The first kappa shape index (κ1) is 20.5. The zero-order chi connectivity index (χ0) is 19.0. The maximum atomic E-state index is 12.9. The third kappa shape index (κ3) is 4.86. The molecule has 1 aromatic rings. The van der Waals surface area contributed by atoms with E-state index in [0.29, 0.717) is 6.42 Å². The molecule has 1 unspecified atom stereocenters. The van der Waals surface area contributed by atoms with Crippen LogP contribution in [-0.2, 0) is 10.6 Å². The first-order valence-corrected chi connectivity index (χ1v) is 11.8. The number of alkyl halides is 3. The molecule has 1 fully saturated rings. The molecular formula is C19H30F3NOSi. The summed E-state index contributed by atoms with van der Waals surface area (Å²) in [7, 11) is -1.90. The van der Waals surface area contributed by atoms with Crippen LogP contribution in [0.3, 0.4) is 0 Å². The fraction of sp³-hybridized carbons (Fsp3) is 0.684. The topological polar surface area (TPSA) is 35.2 Å². The van der Waals surface area contributed by atoms with Crippen molar-refractivity contribution in [2.75, 3.05) is 0 Å². The fourth-order valence-corrected chi connectivity index (χ4v) is 4.55. The van der Waals surface area contributed by atoms with Gasteiger partial charge in [0.05, 0.1) is 11.7 Å². The van der Waals surface area contributed by atoms with Gasteiger partial charge in [-0.15, -0.1) is 0 Å². The smallest absolute Gasteiger partial charge is 0.412 e. The van der Waals surface area contributed by atoms with Gasteiger partial charge in [-0.05, 0) is 54.9 Å². The Morgan fingerprint density at radius 3 is 2.28 bits per heavy atom. The number of rotatable bonds is 3. The molecule has 0 amide bonds. The van der Waals surface area contributed by atoms with E-state index in [0.717, 1.165) is 24.5 Å². The molecule has 0 spiro atoms. The molecule has 3 atom stereocenters. The molecule has 1 saturated carbocycles. The van der Waals surface area contributed by atoms with Gasteiger partial charge in [0.15, 0.2) is 8.32 Å². The molecule has 0 heterocycles. The van der Waals surface area contributed by atoms with E-state index in [9.17, 15) is 13.2 Å². The van der Waals surface area contributed by atoms with Crippen molar-refractivity contribution in [1.82, 2.24) is 0 Å². The summed E-state index contributed by atoms with van der Waals surface area (Å²) in [6.45, 7) is 11.0. The van der Waals surface area contributed by atoms with Crippen molar-refractivity contribution in [1.29, 1.82) is 0 Å². The highest BCUT2D eigenvalue weighted by Crippen LogP contribution is 2.41. The van der Waals surface area contributed by atoms with Crippen LogP contribution in [0.5, 0.6) is 0 Å². The molecule has 2 N–H and O–H groups in total. The van der Waals surface area contributed by atoms with Crippen LogP contribution in [0.15, 0.2) is 24.3 Å². The van der Waals surface area contributed by atoms with Gasteiger partial charge in [0, 0.05) is 6.04 Å². The minimum Gasteiger partial charge on any atom is -0.412 e.